The van der Waals surface area contributed by atoms with E-state index in [1.165, 1.54) is 0 Å². The fraction of sp³-hybridized carbons (Fsp3) is 0.320. The standard InChI is InChI=1S/C25H28Cl2N6O2/c1-33(17-9-10-29-21(11-17)25(34)35)14-15-5-7-16(8-6-15)22-13-30-23(28)24(32-22)31-12-18-19(26)3-2-4-20(18)27/h2-8,13,17,21,29H,9-12,14H2,1H3,(H2,28,30)(H,31,32)(H,34,35)/t17?,21-/m1/s1. The molecule has 0 bridgehead atoms. The van der Waals surface area contributed by atoms with Crippen LogP contribution in [0.5, 0.6) is 0 Å². The first-order valence-electron chi connectivity index (χ1n) is 11.4. The number of nitrogens with zero attached hydrogens (tertiary/aromatic N) is 3. The molecule has 2 aromatic carbocycles. The average molecular weight is 515 g/mol. The van der Waals surface area contributed by atoms with Crippen LogP contribution in [0.2, 0.25) is 10.0 Å². The van der Waals surface area contributed by atoms with Crippen LogP contribution in [-0.2, 0) is 17.9 Å². The van der Waals surface area contributed by atoms with E-state index in [2.05, 4.69) is 37.6 Å². The smallest absolute Gasteiger partial charge is 0.320 e. The highest BCUT2D eigenvalue weighted by Crippen LogP contribution is 2.27. The van der Waals surface area contributed by atoms with E-state index in [0.29, 0.717) is 41.1 Å². The number of hydrogen-bond acceptors (Lipinski definition) is 7. The highest BCUT2D eigenvalue weighted by Gasteiger charge is 2.28. The molecule has 0 radical (unpaired) electrons. The third-order valence-electron chi connectivity index (χ3n) is 6.27. The highest BCUT2D eigenvalue weighted by atomic mass is 35.5. The zero-order chi connectivity index (χ0) is 24.9. The summed E-state index contributed by atoms with van der Waals surface area (Å²) in [5.41, 5.74) is 9.54. The molecule has 0 spiro atoms. The maximum atomic E-state index is 11.3. The number of hydrogen-bond donors (Lipinski definition) is 4. The first-order chi connectivity index (χ1) is 16.8. The number of nitrogen functional groups attached to an aromatic ring is 1. The van der Waals surface area contributed by atoms with Crippen molar-refractivity contribution in [2.24, 2.45) is 0 Å². The first kappa shape index (κ1) is 25.2. The lowest BCUT2D eigenvalue weighted by molar-refractivity contribution is -0.140. The fourth-order valence-corrected chi connectivity index (χ4v) is 4.76. The molecule has 0 aliphatic carbocycles. The Morgan fingerprint density at radius 1 is 1.23 bits per heavy atom. The Morgan fingerprint density at radius 2 is 1.94 bits per heavy atom. The largest absolute Gasteiger partial charge is 0.480 e. The molecule has 1 unspecified atom stereocenters. The molecule has 3 aromatic rings. The molecule has 1 aliphatic rings. The van der Waals surface area contributed by atoms with Gasteiger partial charge in [-0.15, -0.1) is 0 Å². The SMILES string of the molecule is CN(Cc1ccc(-c2cnc(N)c(NCc3c(Cl)cccc3Cl)n2)cc1)C1CCN[C@@H](C(=O)O)C1. The average Bonchev–Trinajstić information content (AvgIpc) is 2.85. The number of rotatable bonds is 8. The predicted molar refractivity (Wildman–Crippen MR) is 140 cm³/mol. The van der Waals surface area contributed by atoms with Crippen LogP contribution in [0.1, 0.15) is 24.0 Å². The van der Waals surface area contributed by atoms with Gasteiger partial charge in [0.05, 0.1) is 11.9 Å². The van der Waals surface area contributed by atoms with Crippen molar-refractivity contribution in [3.8, 4) is 11.3 Å². The van der Waals surface area contributed by atoms with Crippen LogP contribution >= 0.6 is 23.2 Å². The predicted octanol–water partition coefficient (Wildman–Crippen LogP) is 4.28. The number of carboxylic acid groups (broad SMARTS) is 1. The molecule has 4 rings (SSSR count). The summed E-state index contributed by atoms with van der Waals surface area (Å²) in [6.07, 6.45) is 3.17. The lowest BCUT2D eigenvalue weighted by Gasteiger charge is -2.34. The van der Waals surface area contributed by atoms with Gasteiger partial charge in [-0.05, 0) is 44.1 Å². The molecule has 2 atom stereocenters. The second-order valence-electron chi connectivity index (χ2n) is 8.68. The van der Waals surface area contributed by atoms with Gasteiger partial charge in [0.1, 0.15) is 6.04 Å². The molecule has 2 heterocycles. The highest BCUT2D eigenvalue weighted by molar-refractivity contribution is 6.36. The minimum Gasteiger partial charge on any atom is -0.480 e. The normalized spacial score (nSPS) is 17.9. The van der Waals surface area contributed by atoms with E-state index in [4.69, 9.17) is 28.9 Å². The maximum Gasteiger partial charge on any atom is 0.320 e. The summed E-state index contributed by atoms with van der Waals surface area (Å²) in [5, 5.41) is 16.7. The van der Waals surface area contributed by atoms with Crippen molar-refractivity contribution in [3.63, 3.8) is 0 Å². The molecule has 8 nitrogen and oxygen atoms in total. The summed E-state index contributed by atoms with van der Waals surface area (Å²) in [7, 11) is 2.04. The zero-order valence-corrected chi connectivity index (χ0v) is 20.9. The van der Waals surface area contributed by atoms with Gasteiger partial charge < -0.3 is 21.5 Å². The van der Waals surface area contributed by atoms with E-state index in [9.17, 15) is 9.90 Å². The Labute approximate surface area is 214 Å². The summed E-state index contributed by atoms with van der Waals surface area (Å²) in [6.45, 7) is 1.81. The second-order valence-corrected chi connectivity index (χ2v) is 9.49. The molecule has 0 saturated carbocycles. The fourth-order valence-electron chi connectivity index (χ4n) is 4.22. The molecule has 10 heteroatoms. The first-order valence-corrected chi connectivity index (χ1v) is 12.1. The van der Waals surface area contributed by atoms with Gasteiger partial charge >= 0.3 is 5.97 Å². The van der Waals surface area contributed by atoms with Gasteiger partial charge in [-0.1, -0.05) is 53.5 Å². The summed E-state index contributed by atoms with van der Waals surface area (Å²) in [4.78, 5) is 22.5. The van der Waals surface area contributed by atoms with Crippen molar-refractivity contribution in [2.75, 3.05) is 24.6 Å². The van der Waals surface area contributed by atoms with Crippen LogP contribution in [0.3, 0.4) is 0 Å². The number of benzene rings is 2. The lowest BCUT2D eigenvalue weighted by Crippen LogP contribution is -2.49. The molecule has 5 N–H and O–H groups in total. The number of aliphatic carboxylic acids is 1. The van der Waals surface area contributed by atoms with E-state index in [-0.39, 0.29) is 11.9 Å². The van der Waals surface area contributed by atoms with E-state index < -0.39 is 12.0 Å². The monoisotopic (exact) mass is 514 g/mol. The van der Waals surface area contributed by atoms with Crippen molar-refractivity contribution in [1.82, 2.24) is 20.2 Å². The Hall–Kier alpha value is -2.91. The second kappa shape index (κ2) is 11.2. The molecule has 35 heavy (non-hydrogen) atoms. The molecular weight excluding hydrogens is 487 g/mol. The van der Waals surface area contributed by atoms with Crippen molar-refractivity contribution in [3.05, 3.63) is 69.8 Å². The Morgan fingerprint density at radius 3 is 2.63 bits per heavy atom. The van der Waals surface area contributed by atoms with E-state index >= 15 is 0 Å². The zero-order valence-electron chi connectivity index (χ0n) is 19.3. The van der Waals surface area contributed by atoms with Crippen LogP contribution in [-0.4, -0.2) is 51.6 Å². The summed E-state index contributed by atoms with van der Waals surface area (Å²) >= 11 is 12.5. The van der Waals surface area contributed by atoms with Crippen LogP contribution < -0.4 is 16.4 Å². The number of halogens is 2. The van der Waals surface area contributed by atoms with Crippen molar-refractivity contribution in [1.29, 1.82) is 0 Å². The van der Waals surface area contributed by atoms with Gasteiger partial charge in [-0.3, -0.25) is 9.69 Å². The van der Waals surface area contributed by atoms with Gasteiger partial charge in [0, 0.05) is 40.3 Å². The van der Waals surface area contributed by atoms with Crippen LogP contribution in [0.25, 0.3) is 11.3 Å². The Balaban J connectivity index is 1.42. The molecule has 0 amide bonds. The van der Waals surface area contributed by atoms with Gasteiger partial charge in [-0.2, -0.15) is 0 Å². The quantitative estimate of drug-likeness (QED) is 0.351. The van der Waals surface area contributed by atoms with Crippen LogP contribution in [0.4, 0.5) is 11.6 Å². The summed E-state index contributed by atoms with van der Waals surface area (Å²) in [5.74, 6) is -0.0427. The molecule has 1 fully saturated rings. The Kier molecular flexibility index (Phi) is 8.07. The summed E-state index contributed by atoms with van der Waals surface area (Å²) in [6, 6.07) is 13.2. The number of nitrogens with one attached hydrogen (secondary N) is 2. The summed E-state index contributed by atoms with van der Waals surface area (Å²) < 4.78 is 0. The lowest BCUT2D eigenvalue weighted by atomic mass is 9.97. The Bertz CT molecular complexity index is 1170. The molecular formula is C25H28Cl2N6O2. The minimum atomic E-state index is -0.791. The van der Waals surface area contributed by atoms with Crippen molar-refractivity contribution in [2.45, 2.75) is 38.0 Å². The number of nitrogens with two attached hydrogens (primary N) is 1. The van der Waals surface area contributed by atoms with E-state index in [0.717, 1.165) is 29.7 Å². The van der Waals surface area contributed by atoms with Gasteiger partial charge in [0.2, 0.25) is 0 Å². The molecule has 1 aromatic heterocycles. The molecule has 1 aliphatic heterocycles. The van der Waals surface area contributed by atoms with Gasteiger partial charge in [0.25, 0.3) is 0 Å². The minimum absolute atomic E-state index is 0.222. The van der Waals surface area contributed by atoms with Crippen LogP contribution in [0.15, 0.2) is 48.7 Å². The number of aromatic nitrogens is 2. The molecule has 1 saturated heterocycles. The van der Waals surface area contributed by atoms with Crippen molar-refractivity contribution >= 4 is 40.8 Å². The topological polar surface area (TPSA) is 116 Å². The third kappa shape index (κ3) is 6.21. The number of carboxylic acids is 1. The molecule has 184 valence electrons. The van der Waals surface area contributed by atoms with Crippen molar-refractivity contribution < 1.29 is 9.90 Å². The number of piperidine rings is 1. The van der Waals surface area contributed by atoms with Crippen LogP contribution in [0, 0.1) is 0 Å². The van der Waals surface area contributed by atoms with Gasteiger partial charge in [-0.25, -0.2) is 9.97 Å². The number of anilines is 2. The van der Waals surface area contributed by atoms with E-state index in [1.54, 1.807) is 24.4 Å². The van der Waals surface area contributed by atoms with Gasteiger partial charge in [0.15, 0.2) is 11.6 Å². The maximum absolute atomic E-state index is 11.3. The third-order valence-corrected chi connectivity index (χ3v) is 6.98. The number of carbonyl (C=O) groups is 1. The van der Waals surface area contributed by atoms with E-state index in [1.807, 2.05) is 19.2 Å².